The van der Waals surface area contributed by atoms with Crippen LogP contribution in [0.15, 0.2) is 16.8 Å². The van der Waals surface area contributed by atoms with Gasteiger partial charge in [-0.1, -0.05) is 0 Å². The quantitative estimate of drug-likeness (QED) is 0.818. The SMILES string of the molecule is CCS(=O)(=O)N1CCC2(CN(Cc3ccsc3)C2)C1.O=C(O)C(F)(F)F. The molecule has 26 heavy (non-hydrogen) atoms. The zero-order valence-electron chi connectivity index (χ0n) is 14.2. The molecule has 6 nitrogen and oxygen atoms in total. The third kappa shape index (κ3) is 5.18. The lowest BCUT2D eigenvalue weighted by molar-refractivity contribution is -0.192. The number of nitrogens with zero attached hydrogens (tertiary/aromatic N) is 2. The number of hydrogen-bond acceptors (Lipinski definition) is 5. The predicted octanol–water partition coefficient (Wildman–Crippen LogP) is 2.24. The number of carbonyl (C=O) groups is 1. The summed E-state index contributed by atoms with van der Waals surface area (Å²) < 4.78 is 57.2. The van der Waals surface area contributed by atoms with E-state index in [1.54, 1.807) is 22.6 Å². The van der Waals surface area contributed by atoms with Gasteiger partial charge in [0.2, 0.25) is 10.0 Å². The highest BCUT2D eigenvalue weighted by Gasteiger charge is 2.49. The van der Waals surface area contributed by atoms with Crippen molar-refractivity contribution in [2.24, 2.45) is 5.41 Å². The van der Waals surface area contributed by atoms with Gasteiger partial charge in [-0.25, -0.2) is 17.5 Å². The maximum absolute atomic E-state index is 11.9. The summed E-state index contributed by atoms with van der Waals surface area (Å²) in [5.74, 6) is -2.53. The van der Waals surface area contributed by atoms with Crippen molar-refractivity contribution in [3.63, 3.8) is 0 Å². The molecule has 0 saturated carbocycles. The Labute approximate surface area is 154 Å². The summed E-state index contributed by atoms with van der Waals surface area (Å²) in [4.78, 5) is 11.3. The lowest BCUT2D eigenvalue weighted by atomic mass is 9.79. The molecular weight excluding hydrogens is 393 g/mol. The van der Waals surface area contributed by atoms with Gasteiger partial charge in [0.15, 0.2) is 0 Å². The largest absolute Gasteiger partial charge is 0.490 e. The molecule has 0 radical (unpaired) electrons. The van der Waals surface area contributed by atoms with E-state index in [0.29, 0.717) is 6.54 Å². The van der Waals surface area contributed by atoms with Crippen LogP contribution in [0.3, 0.4) is 0 Å². The Morgan fingerprint density at radius 3 is 2.42 bits per heavy atom. The van der Waals surface area contributed by atoms with Gasteiger partial charge in [-0.2, -0.15) is 24.5 Å². The molecule has 0 bridgehead atoms. The molecular formula is C15H21F3N2O4S2. The first-order valence-electron chi connectivity index (χ1n) is 7.99. The van der Waals surface area contributed by atoms with Gasteiger partial charge in [-0.05, 0) is 35.7 Å². The van der Waals surface area contributed by atoms with Crippen LogP contribution in [0.25, 0.3) is 0 Å². The second-order valence-electron chi connectivity index (χ2n) is 6.56. The molecule has 0 aliphatic carbocycles. The number of alkyl halides is 3. The number of sulfonamides is 1. The van der Waals surface area contributed by atoms with E-state index in [-0.39, 0.29) is 11.2 Å². The summed E-state index contributed by atoms with van der Waals surface area (Å²) in [5, 5.41) is 11.4. The lowest BCUT2D eigenvalue weighted by Gasteiger charge is -2.48. The molecule has 1 spiro atoms. The highest BCUT2D eigenvalue weighted by molar-refractivity contribution is 7.89. The monoisotopic (exact) mass is 414 g/mol. The predicted molar refractivity (Wildman–Crippen MR) is 91.4 cm³/mol. The fourth-order valence-electron chi connectivity index (χ4n) is 3.23. The van der Waals surface area contributed by atoms with Gasteiger partial charge in [0.25, 0.3) is 0 Å². The standard InChI is InChI=1S/C13H20N2O2S2.C2HF3O2/c1-2-19(16,17)15-5-4-13(11-15)9-14(10-13)7-12-3-6-18-8-12;3-2(4,5)1(6)7/h3,6,8H,2,4-5,7,9-11H2,1H3;(H,6,7). The van der Waals surface area contributed by atoms with Gasteiger partial charge in [-0.3, -0.25) is 4.90 Å². The van der Waals surface area contributed by atoms with Crippen LogP contribution in [0.2, 0.25) is 0 Å². The molecule has 2 aliphatic heterocycles. The first kappa shape index (κ1) is 21.1. The molecule has 2 aliphatic rings. The van der Waals surface area contributed by atoms with E-state index in [0.717, 1.165) is 32.6 Å². The van der Waals surface area contributed by atoms with Crippen LogP contribution >= 0.6 is 11.3 Å². The van der Waals surface area contributed by atoms with Crippen molar-refractivity contribution in [3.05, 3.63) is 22.4 Å². The maximum atomic E-state index is 11.9. The fraction of sp³-hybridized carbons (Fsp3) is 0.667. The number of hydrogen-bond donors (Lipinski definition) is 1. The zero-order valence-corrected chi connectivity index (χ0v) is 15.8. The number of aliphatic carboxylic acids is 1. The Bertz CT molecular complexity index is 714. The van der Waals surface area contributed by atoms with E-state index in [1.165, 1.54) is 5.56 Å². The fourth-order valence-corrected chi connectivity index (χ4v) is 5.09. The third-order valence-electron chi connectivity index (χ3n) is 4.51. The van der Waals surface area contributed by atoms with Crippen molar-refractivity contribution in [2.75, 3.05) is 31.9 Å². The first-order chi connectivity index (χ1) is 12.0. The van der Waals surface area contributed by atoms with Crippen LogP contribution in [0, 0.1) is 5.41 Å². The normalized spacial score (nSPS) is 20.5. The van der Waals surface area contributed by atoms with Gasteiger partial charge in [0, 0.05) is 38.1 Å². The van der Waals surface area contributed by atoms with E-state index in [9.17, 15) is 21.6 Å². The van der Waals surface area contributed by atoms with Gasteiger partial charge < -0.3 is 5.11 Å². The molecule has 2 fully saturated rings. The second kappa shape index (κ2) is 7.83. The Morgan fingerprint density at radius 1 is 1.35 bits per heavy atom. The van der Waals surface area contributed by atoms with Crippen molar-refractivity contribution in [1.29, 1.82) is 0 Å². The van der Waals surface area contributed by atoms with Crippen LogP contribution in [0.1, 0.15) is 18.9 Å². The second-order valence-corrected chi connectivity index (χ2v) is 9.60. The molecule has 1 aromatic rings. The molecule has 1 aromatic heterocycles. The molecule has 1 N–H and O–H groups in total. The maximum Gasteiger partial charge on any atom is 0.490 e. The molecule has 0 aromatic carbocycles. The Morgan fingerprint density at radius 2 is 1.96 bits per heavy atom. The summed E-state index contributed by atoms with van der Waals surface area (Å²) in [6, 6.07) is 2.16. The number of likely N-dealkylation sites (tertiary alicyclic amines) is 1. The van der Waals surface area contributed by atoms with Gasteiger partial charge in [0.05, 0.1) is 5.75 Å². The summed E-state index contributed by atoms with van der Waals surface area (Å²) in [7, 11) is -3.00. The molecule has 148 valence electrons. The molecule has 3 heterocycles. The number of carboxylic acids is 1. The minimum atomic E-state index is -5.08. The highest BCUT2D eigenvalue weighted by Crippen LogP contribution is 2.41. The minimum Gasteiger partial charge on any atom is -0.475 e. The van der Waals surface area contributed by atoms with Crippen molar-refractivity contribution in [2.45, 2.75) is 26.1 Å². The average molecular weight is 414 g/mol. The Balaban J connectivity index is 0.000000298. The molecule has 0 amide bonds. The van der Waals surface area contributed by atoms with E-state index >= 15 is 0 Å². The number of carboxylic acid groups (broad SMARTS) is 1. The van der Waals surface area contributed by atoms with Crippen molar-refractivity contribution in [3.8, 4) is 0 Å². The van der Waals surface area contributed by atoms with Crippen LogP contribution < -0.4 is 0 Å². The van der Waals surface area contributed by atoms with E-state index in [4.69, 9.17) is 9.90 Å². The van der Waals surface area contributed by atoms with E-state index < -0.39 is 22.2 Å². The van der Waals surface area contributed by atoms with Gasteiger partial charge >= 0.3 is 12.1 Å². The summed E-state index contributed by atoms with van der Waals surface area (Å²) in [6.07, 6.45) is -4.06. The van der Waals surface area contributed by atoms with E-state index in [1.807, 2.05) is 0 Å². The summed E-state index contributed by atoms with van der Waals surface area (Å²) in [5.41, 5.74) is 1.61. The van der Waals surface area contributed by atoms with E-state index in [2.05, 4.69) is 21.7 Å². The summed E-state index contributed by atoms with van der Waals surface area (Å²) in [6.45, 7) is 6.25. The third-order valence-corrected chi connectivity index (χ3v) is 7.07. The highest BCUT2D eigenvalue weighted by atomic mass is 32.2. The molecule has 2 saturated heterocycles. The lowest BCUT2D eigenvalue weighted by Crippen LogP contribution is -2.57. The number of rotatable bonds is 4. The topological polar surface area (TPSA) is 77.9 Å². The van der Waals surface area contributed by atoms with Crippen molar-refractivity contribution in [1.82, 2.24) is 9.21 Å². The zero-order chi connectivity index (χ0) is 19.6. The van der Waals surface area contributed by atoms with Crippen LogP contribution in [-0.4, -0.2) is 66.8 Å². The first-order valence-corrected chi connectivity index (χ1v) is 10.5. The van der Waals surface area contributed by atoms with Crippen molar-refractivity contribution >= 4 is 27.3 Å². The van der Waals surface area contributed by atoms with Crippen LogP contribution in [-0.2, 0) is 21.4 Å². The molecule has 3 rings (SSSR count). The summed E-state index contributed by atoms with van der Waals surface area (Å²) >= 11 is 1.73. The van der Waals surface area contributed by atoms with Gasteiger partial charge in [-0.15, -0.1) is 0 Å². The van der Waals surface area contributed by atoms with Crippen molar-refractivity contribution < 1.29 is 31.5 Å². The Kier molecular flexibility index (Phi) is 6.36. The minimum absolute atomic E-state index is 0.224. The number of halogens is 3. The van der Waals surface area contributed by atoms with Crippen LogP contribution in [0.4, 0.5) is 13.2 Å². The molecule has 11 heteroatoms. The molecule has 0 atom stereocenters. The van der Waals surface area contributed by atoms with Gasteiger partial charge in [0.1, 0.15) is 0 Å². The average Bonchev–Trinajstić information content (AvgIpc) is 3.16. The van der Waals surface area contributed by atoms with Crippen LogP contribution in [0.5, 0.6) is 0 Å². The Hall–Kier alpha value is -1.17. The number of thiophene rings is 1. The molecule has 0 unspecified atom stereocenters. The smallest absolute Gasteiger partial charge is 0.475 e.